The first-order valence-electron chi connectivity index (χ1n) is 5.12. The van der Waals surface area contributed by atoms with Crippen LogP contribution in [0.25, 0.3) is 0 Å². The molecule has 0 radical (unpaired) electrons. The first-order chi connectivity index (χ1) is 8.15. The van der Waals surface area contributed by atoms with Gasteiger partial charge in [0.1, 0.15) is 18.6 Å². The Morgan fingerprint density at radius 2 is 2.00 bits per heavy atom. The van der Waals surface area contributed by atoms with Crippen molar-refractivity contribution in [2.75, 3.05) is 0 Å². The summed E-state index contributed by atoms with van der Waals surface area (Å²) in [5.41, 5.74) is 0.761. The molecule has 1 aromatic carbocycles. The summed E-state index contributed by atoms with van der Waals surface area (Å²) in [6.45, 7) is 2.02. The molecule has 0 fully saturated rings. The van der Waals surface area contributed by atoms with Gasteiger partial charge in [0.05, 0.1) is 0 Å². The van der Waals surface area contributed by atoms with E-state index < -0.39 is 0 Å². The molecule has 4 heteroatoms. The molecule has 0 aliphatic heterocycles. The minimum atomic E-state index is -0.178. The maximum absolute atomic E-state index is 11.5. The van der Waals surface area contributed by atoms with E-state index in [1.807, 2.05) is 12.1 Å². The fourth-order valence-corrected chi connectivity index (χ4v) is 1.47. The number of hydrogen-bond donors (Lipinski definition) is 0. The highest BCUT2D eigenvalue weighted by molar-refractivity contribution is 6.30. The summed E-state index contributed by atoms with van der Waals surface area (Å²) in [6, 6.07) is 8.64. The van der Waals surface area contributed by atoms with Crippen molar-refractivity contribution in [3.63, 3.8) is 0 Å². The van der Waals surface area contributed by atoms with Gasteiger partial charge >= 0.3 is 0 Å². The number of benzene rings is 1. The molecule has 0 amide bonds. The second kappa shape index (κ2) is 5.06. The van der Waals surface area contributed by atoms with Crippen LogP contribution in [0.1, 0.15) is 11.3 Å². The van der Waals surface area contributed by atoms with E-state index in [-0.39, 0.29) is 11.2 Å². The summed E-state index contributed by atoms with van der Waals surface area (Å²) < 4.78 is 10.5. The van der Waals surface area contributed by atoms with Crippen LogP contribution in [0.3, 0.4) is 0 Å². The Bertz CT molecular complexity index is 558. The minimum absolute atomic E-state index is 0.178. The van der Waals surface area contributed by atoms with Gasteiger partial charge in [-0.25, -0.2) is 0 Å². The van der Waals surface area contributed by atoms with E-state index in [0.29, 0.717) is 17.4 Å². The summed E-state index contributed by atoms with van der Waals surface area (Å²) in [7, 11) is 0. The Morgan fingerprint density at radius 3 is 2.65 bits per heavy atom. The molecule has 0 spiro atoms. The van der Waals surface area contributed by atoms with E-state index in [1.165, 1.54) is 12.3 Å². The van der Waals surface area contributed by atoms with Crippen molar-refractivity contribution in [2.24, 2.45) is 0 Å². The zero-order valence-corrected chi connectivity index (χ0v) is 10.0. The molecule has 0 unspecified atom stereocenters. The van der Waals surface area contributed by atoms with Crippen molar-refractivity contribution in [1.82, 2.24) is 0 Å². The maximum Gasteiger partial charge on any atom is 0.226 e. The first kappa shape index (κ1) is 11.7. The highest BCUT2D eigenvalue weighted by Gasteiger charge is 2.02. The molecule has 0 aliphatic rings. The molecule has 0 saturated carbocycles. The maximum atomic E-state index is 11.5. The smallest absolute Gasteiger partial charge is 0.226 e. The summed E-state index contributed by atoms with van der Waals surface area (Å²) in [4.78, 5) is 11.5. The monoisotopic (exact) mass is 250 g/mol. The molecular formula is C13H11ClO3. The molecular weight excluding hydrogens is 240 g/mol. The largest absolute Gasteiger partial charge is 0.482 e. The van der Waals surface area contributed by atoms with E-state index >= 15 is 0 Å². The van der Waals surface area contributed by atoms with E-state index in [4.69, 9.17) is 20.8 Å². The fraction of sp³-hybridized carbons (Fsp3) is 0.154. The van der Waals surface area contributed by atoms with Gasteiger partial charge in [0.15, 0.2) is 0 Å². The SMILES string of the molecule is Cc1cc(=O)c(OCc2ccc(Cl)cc2)co1. The molecule has 2 rings (SSSR count). The Balaban J connectivity index is 2.07. The van der Waals surface area contributed by atoms with Crippen LogP contribution in [-0.4, -0.2) is 0 Å². The molecule has 1 heterocycles. The average molecular weight is 251 g/mol. The Kier molecular flexibility index (Phi) is 3.49. The van der Waals surface area contributed by atoms with Gasteiger partial charge in [-0.1, -0.05) is 23.7 Å². The van der Waals surface area contributed by atoms with Crippen molar-refractivity contribution in [3.8, 4) is 5.75 Å². The van der Waals surface area contributed by atoms with E-state index in [9.17, 15) is 4.79 Å². The van der Waals surface area contributed by atoms with Crippen LogP contribution in [0.15, 0.2) is 45.8 Å². The van der Waals surface area contributed by atoms with Crippen molar-refractivity contribution < 1.29 is 9.15 Å². The molecule has 1 aromatic heterocycles. The Hall–Kier alpha value is -1.74. The van der Waals surface area contributed by atoms with Crippen LogP contribution in [0.4, 0.5) is 0 Å². The van der Waals surface area contributed by atoms with Crippen molar-refractivity contribution in [1.29, 1.82) is 0 Å². The van der Waals surface area contributed by atoms with Gasteiger partial charge in [-0.3, -0.25) is 4.79 Å². The van der Waals surface area contributed by atoms with Gasteiger partial charge < -0.3 is 9.15 Å². The molecule has 17 heavy (non-hydrogen) atoms. The van der Waals surface area contributed by atoms with Crippen molar-refractivity contribution in [3.05, 3.63) is 63.2 Å². The van der Waals surface area contributed by atoms with Gasteiger partial charge in [0.25, 0.3) is 0 Å². The van der Waals surface area contributed by atoms with Crippen LogP contribution < -0.4 is 10.2 Å². The van der Waals surface area contributed by atoms with Crippen molar-refractivity contribution >= 4 is 11.6 Å². The van der Waals surface area contributed by atoms with E-state index in [1.54, 1.807) is 19.1 Å². The van der Waals surface area contributed by atoms with Gasteiger partial charge in [-0.05, 0) is 24.6 Å². The predicted molar refractivity (Wildman–Crippen MR) is 65.5 cm³/mol. The lowest BCUT2D eigenvalue weighted by Crippen LogP contribution is -2.06. The number of aryl methyl sites for hydroxylation is 1. The molecule has 88 valence electrons. The number of hydrogen-bond acceptors (Lipinski definition) is 3. The molecule has 0 atom stereocenters. The van der Waals surface area contributed by atoms with Crippen LogP contribution in [0.2, 0.25) is 5.02 Å². The van der Waals surface area contributed by atoms with Gasteiger partial charge in [0.2, 0.25) is 11.2 Å². The number of ether oxygens (including phenoxy) is 1. The fourth-order valence-electron chi connectivity index (χ4n) is 1.34. The minimum Gasteiger partial charge on any atom is -0.482 e. The third-order valence-corrected chi connectivity index (χ3v) is 2.49. The average Bonchev–Trinajstić information content (AvgIpc) is 2.30. The summed E-state index contributed by atoms with van der Waals surface area (Å²) in [5.74, 6) is 0.777. The second-order valence-corrected chi connectivity index (χ2v) is 4.07. The molecule has 0 saturated heterocycles. The highest BCUT2D eigenvalue weighted by Crippen LogP contribution is 2.12. The molecule has 3 nitrogen and oxygen atoms in total. The zero-order chi connectivity index (χ0) is 12.3. The standard InChI is InChI=1S/C13H11ClO3/c1-9-6-12(15)13(8-16-9)17-7-10-2-4-11(14)5-3-10/h2-6,8H,7H2,1H3. The number of halogens is 1. The van der Waals surface area contributed by atoms with Gasteiger partial charge in [0, 0.05) is 11.1 Å². The van der Waals surface area contributed by atoms with Gasteiger partial charge in [-0.2, -0.15) is 0 Å². The van der Waals surface area contributed by atoms with Gasteiger partial charge in [-0.15, -0.1) is 0 Å². The number of rotatable bonds is 3. The zero-order valence-electron chi connectivity index (χ0n) is 9.27. The van der Waals surface area contributed by atoms with Crippen LogP contribution >= 0.6 is 11.6 Å². The van der Waals surface area contributed by atoms with E-state index in [2.05, 4.69) is 0 Å². The van der Waals surface area contributed by atoms with E-state index in [0.717, 1.165) is 5.56 Å². The lowest BCUT2D eigenvalue weighted by Gasteiger charge is -2.05. The Morgan fingerprint density at radius 1 is 1.29 bits per heavy atom. The quantitative estimate of drug-likeness (QED) is 0.840. The van der Waals surface area contributed by atoms with Crippen molar-refractivity contribution in [2.45, 2.75) is 13.5 Å². The molecule has 0 bridgehead atoms. The van der Waals surface area contributed by atoms with Crippen LogP contribution in [-0.2, 0) is 6.61 Å². The first-order valence-corrected chi connectivity index (χ1v) is 5.49. The summed E-state index contributed by atoms with van der Waals surface area (Å²) in [5, 5.41) is 0.670. The summed E-state index contributed by atoms with van der Waals surface area (Å²) >= 11 is 5.77. The normalized spacial score (nSPS) is 10.2. The lowest BCUT2D eigenvalue weighted by atomic mass is 10.2. The highest BCUT2D eigenvalue weighted by atomic mass is 35.5. The topological polar surface area (TPSA) is 39.4 Å². The molecule has 2 aromatic rings. The predicted octanol–water partition coefficient (Wildman–Crippen LogP) is 3.18. The Labute approximate surface area is 104 Å². The second-order valence-electron chi connectivity index (χ2n) is 3.63. The molecule has 0 aliphatic carbocycles. The van der Waals surface area contributed by atoms with Crippen LogP contribution in [0, 0.1) is 6.92 Å². The third-order valence-electron chi connectivity index (χ3n) is 2.24. The van der Waals surface area contributed by atoms with Crippen LogP contribution in [0.5, 0.6) is 5.75 Å². The lowest BCUT2D eigenvalue weighted by molar-refractivity contribution is 0.290. The third kappa shape index (κ3) is 3.11. The summed E-state index contributed by atoms with van der Waals surface area (Å²) in [6.07, 6.45) is 1.33. The molecule has 0 N–H and O–H groups in total.